The molecule has 0 atom stereocenters. The van der Waals surface area contributed by atoms with Crippen LogP contribution in [0.5, 0.6) is 0 Å². The number of rotatable bonds is 4. The van der Waals surface area contributed by atoms with Crippen LogP contribution in [0, 0.1) is 45.2 Å². The van der Waals surface area contributed by atoms with Gasteiger partial charge in [0.25, 0.3) is 0 Å². The van der Waals surface area contributed by atoms with Crippen LogP contribution in [0.25, 0.3) is 81.1 Å². The Morgan fingerprint density at radius 1 is 0.629 bits per heavy atom. The third kappa shape index (κ3) is 8.24. The predicted octanol–water partition coefficient (Wildman–Crippen LogP) is 15.2. The van der Waals surface area contributed by atoms with Gasteiger partial charge in [0, 0.05) is 58.3 Å². The summed E-state index contributed by atoms with van der Waals surface area (Å²) in [5, 5.41) is 7.66. The van der Waals surface area contributed by atoms with Crippen LogP contribution in [0.15, 0.2) is 121 Å². The Morgan fingerprint density at radius 2 is 1.34 bits per heavy atom. The Morgan fingerprint density at radius 3 is 2.08 bits per heavy atom. The zero-order valence-corrected chi connectivity index (χ0v) is 40.5. The van der Waals surface area contributed by atoms with E-state index < -0.39 is 0 Å². The van der Waals surface area contributed by atoms with Gasteiger partial charge in [0.15, 0.2) is 0 Å². The molecule has 4 nitrogen and oxygen atoms in total. The number of hydrogen-bond acceptors (Lipinski definition) is 4. The van der Waals surface area contributed by atoms with Crippen molar-refractivity contribution in [2.45, 2.75) is 81.1 Å². The third-order valence-corrected chi connectivity index (χ3v) is 12.7. The van der Waals surface area contributed by atoms with Crippen LogP contribution >= 0.6 is 11.3 Å². The second kappa shape index (κ2) is 16.6. The van der Waals surface area contributed by atoms with E-state index in [4.69, 9.17) is 9.97 Å². The minimum Gasteiger partial charge on any atom is -0.346 e. The summed E-state index contributed by atoms with van der Waals surface area (Å²) in [4.78, 5) is 14.3. The molecule has 6 aromatic carbocycles. The molecule has 0 aliphatic carbocycles. The molecule has 0 spiro atoms. The summed E-state index contributed by atoms with van der Waals surface area (Å²) in [6.45, 7) is 22.0. The molecule has 4 heterocycles. The number of fused-ring (bicyclic) bond motifs is 7. The van der Waals surface area contributed by atoms with E-state index in [9.17, 15) is 0 Å². The summed E-state index contributed by atoms with van der Waals surface area (Å²) < 4.78 is 4.84. The van der Waals surface area contributed by atoms with Gasteiger partial charge >= 0.3 is 0 Å². The zero-order valence-electron chi connectivity index (χ0n) is 37.3. The second-order valence-corrected chi connectivity index (χ2v) is 19.8. The molecular formula is C56H52IrN4S-2. The number of pyridine rings is 2. The van der Waals surface area contributed by atoms with Crippen LogP contribution in [0.2, 0.25) is 0 Å². The van der Waals surface area contributed by atoms with Crippen molar-refractivity contribution in [1.82, 2.24) is 19.5 Å². The maximum Gasteiger partial charge on any atom is 0.0735 e. The summed E-state index contributed by atoms with van der Waals surface area (Å²) >= 11 is 1.87. The molecule has 0 aliphatic rings. The minimum absolute atomic E-state index is 0. The van der Waals surface area contributed by atoms with Crippen LogP contribution in [-0.2, 0) is 31.9 Å². The van der Waals surface area contributed by atoms with Crippen molar-refractivity contribution >= 4 is 64.1 Å². The molecule has 4 aromatic heterocycles. The Labute approximate surface area is 383 Å². The minimum atomic E-state index is 0. The van der Waals surface area contributed by atoms with Crippen molar-refractivity contribution in [3.63, 3.8) is 0 Å². The Bertz CT molecular complexity index is 3260. The van der Waals surface area contributed by atoms with Crippen molar-refractivity contribution < 1.29 is 20.1 Å². The smallest absolute Gasteiger partial charge is 0.0735 e. The fraction of sp³-hybridized carbons (Fsp3) is 0.232. The van der Waals surface area contributed by atoms with Gasteiger partial charge in [-0.1, -0.05) is 131 Å². The maximum atomic E-state index is 4.93. The summed E-state index contributed by atoms with van der Waals surface area (Å²) in [5.74, 6) is 0.909. The van der Waals surface area contributed by atoms with Gasteiger partial charge in [0.2, 0.25) is 0 Å². The summed E-state index contributed by atoms with van der Waals surface area (Å²) in [6, 6.07) is 48.5. The molecular weight excluding hydrogens is 953 g/mol. The van der Waals surface area contributed by atoms with Gasteiger partial charge in [-0.2, -0.15) is 0 Å². The first kappa shape index (κ1) is 43.1. The Balaban J connectivity index is 0.000000179. The summed E-state index contributed by atoms with van der Waals surface area (Å²) in [7, 11) is 0. The van der Waals surface area contributed by atoms with Gasteiger partial charge in [-0.3, -0.25) is 15.0 Å². The number of para-hydroxylation sites is 3. The van der Waals surface area contributed by atoms with E-state index >= 15 is 0 Å². The summed E-state index contributed by atoms with van der Waals surface area (Å²) in [5.41, 5.74) is 13.7. The normalized spacial score (nSPS) is 12.0. The molecule has 0 fully saturated rings. The first-order valence-corrected chi connectivity index (χ1v) is 22.1. The molecule has 62 heavy (non-hydrogen) atoms. The number of aromatic nitrogens is 4. The van der Waals surface area contributed by atoms with Crippen LogP contribution < -0.4 is 0 Å². The van der Waals surface area contributed by atoms with Crippen molar-refractivity contribution in [1.29, 1.82) is 0 Å². The average molecular weight is 1010 g/mol. The van der Waals surface area contributed by atoms with Gasteiger partial charge in [-0.25, -0.2) is 0 Å². The molecule has 0 aliphatic heterocycles. The second-order valence-electron chi connectivity index (χ2n) is 18.8. The van der Waals surface area contributed by atoms with Crippen LogP contribution in [0.3, 0.4) is 0 Å². The van der Waals surface area contributed by atoms with Crippen LogP contribution in [0.4, 0.5) is 0 Å². The molecule has 10 aromatic rings. The molecule has 0 N–H and O–H groups in total. The largest absolute Gasteiger partial charge is 0.346 e. The quantitative estimate of drug-likeness (QED) is 0.165. The van der Waals surface area contributed by atoms with Crippen LogP contribution in [-0.4, -0.2) is 19.5 Å². The molecule has 313 valence electrons. The number of thiophene rings is 1. The van der Waals surface area contributed by atoms with Gasteiger partial charge in [0.05, 0.1) is 11.0 Å². The molecule has 0 bridgehead atoms. The fourth-order valence-corrected chi connectivity index (χ4v) is 10.2. The molecule has 6 heteroatoms. The van der Waals surface area contributed by atoms with E-state index in [0.29, 0.717) is 0 Å². The van der Waals surface area contributed by atoms with E-state index in [1.165, 1.54) is 64.3 Å². The first-order chi connectivity index (χ1) is 29.1. The Hall–Kier alpha value is -5.52. The molecule has 0 amide bonds. The van der Waals surface area contributed by atoms with Crippen molar-refractivity contribution in [3.8, 4) is 28.3 Å². The van der Waals surface area contributed by atoms with Crippen molar-refractivity contribution in [2.24, 2.45) is 5.41 Å². The first-order valence-electron chi connectivity index (χ1n) is 21.2. The van der Waals surface area contributed by atoms with E-state index in [1.54, 1.807) is 0 Å². The predicted molar refractivity (Wildman–Crippen MR) is 260 cm³/mol. The van der Waals surface area contributed by atoms with Crippen LogP contribution in [0.1, 0.15) is 75.2 Å². The monoisotopic (exact) mass is 1010 g/mol. The average Bonchev–Trinajstić information content (AvgIpc) is 3.79. The standard InChI is InChI=1S/C34H32NS.C22H20N3.Ir/c1-33(2,3)20-21-11-13-26-23(17-21)12-14-27-28-15-16-35-30(32(28)36-31(26)27)24-18-22-9-7-8-10-25(22)29(19-24)34(4,5)6;1-14-8-7-9-15(2)21(14)25-20-11-6-5-10-19(20)24-22(25)18-12-16(3)23-17(4)13-18;/h7-17,19H,20H2,1-6H3;5-12H,1-4H3;/q2*-1;. The fourth-order valence-electron chi connectivity index (χ4n) is 8.91. The van der Waals surface area contributed by atoms with E-state index in [2.05, 4.69) is 186 Å². The third-order valence-electron chi connectivity index (χ3n) is 11.5. The van der Waals surface area contributed by atoms with E-state index in [0.717, 1.165) is 56.9 Å². The maximum absolute atomic E-state index is 4.93. The number of aryl methyl sites for hydroxylation is 4. The van der Waals surface area contributed by atoms with E-state index in [-0.39, 0.29) is 30.9 Å². The number of hydrogen-bond donors (Lipinski definition) is 0. The zero-order chi connectivity index (χ0) is 42.8. The molecule has 0 saturated heterocycles. The SMILES string of the molecule is CC(C)(C)Cc1ccc2c(ccc3c4ccnc(-c5[c-]c6ccccc6c(C(C)(C)C)c5)c4sc23)c1.Cc1[c-]c(-c2nc3ccccc3n2-c2c(C)cccc2C)cc(C)n1.[Ir]. The van der Waals surface area contributed by atoms with Crippen molar-refractivity contribution in [2.75, 3.05) is 0 Å². The van der Waals surface area contributed by atoms with Crippen molar-refractivity contribution in [3.05, 3.63) is 167 Å². The van der Waals surface area contributed by atoms with Gasteiger partial charge < -0.3 is 4.57 Å². The Kier molecular flexibility index (Phi) is 11.6. The van der Waals surface area contributed by atoms with Gasteiger partial charge in [0.1, 0.15) is 0 Å². The number of benzene rings is 6. The van der Waals surface area contributed by atoms with E-state index in [1.807, 2.05) is 37.4 Å². The summed E-state index contributed by atoms with van der Waals surface area (Å²) in [6.07, 6.45) is 3.04. The van der Waals surface area contributed by atoms with Gasteiger partial charge in [-0.15, -0.1) is 58.2 Å². The topological polar surface area (TPSA) is 43.6 Å². The molecule has 0 unspecified atom stereocenters. The van der Waals surface area contributed by atoms with Gasteiger partial charge in [-0.05, 0) is 107 Å². The molecule has 0 saturated carbocycles. The molecule has 10 rings (SSSR count). The number of nitrogens with zero attached hydrogens (tertiary/aromatic N) is 4. The number of imidazole rings is 1. The molecule has 1 radical (unpaired) electrons.